The van der Waals surface area contributed by atoms with E-state index >= 15 is 0 Å². The van der Waals surface area contributed by atoms with E-state index in [1.165, 1.54) is 0 Å². The first-order chi connectivity index (χ1) is 10.6. The van der Waals surface area contributed by atoms with Gasteiger partial charge in [0.15, 0.2) is 0 Å². The summed E-state index contributed by atoms with van der Waals surface area (Å²) in [4.78, 5) is 2.22. The van der Waals surface area contributed by atoms with Gasteiger partial charge in [-0.3, -0.25) is 9.48 Å². The maximum atomic E-state index is 9.75. The zero-order chi connectivity index (χ0) is 19.3. The van der Waals surface area contributed by atoms with Crippen molar-refractivity contribution in [1.29, 1.82) is 0 Å². The smallest absolute Gasteiger partial charge is 0.418 e. The minimum atomic E-state index is -6.00. The fraction of sp³-hybridized carbons (Fsp3) is 0.933. The zero-order valence-electron chi connectivity index (χ0n) is 15.4. The first kappa shape index (κ1) is 23.2. The molecule has 24 heavy (non-hydrogen) atoms. The molecule has 1 heterocycles. The molecule has 1 aliphatic heterocycles. The van der Waals surface area contributed by atoms with Crippen LogP contribution in [-0.4, -0.2) is 71.7 Å². The number of nitrogens with zero attached hydrogens (tertiary/aromatic N) is 2. The summed E-state index contributed by atoms with van der Waals surface area (Å²) in [6.45, 7) is 15.0. The molecular formula is C15H31BF4N2O2. The third kappa shape index (κ3) is 8.33. The molecule has 0 fully saturated rings. The van der Waals surface area contributed by atoms with Crippen LogP contribution in [0.15, 0.2) is 0 Å². The van der Waals surface area contributed by atoms with E-state index in [0.29, 0.717) is 0 Å². The molecule has 0 bridgehead atoms. The molecule has 0 radical (unpaired) electrons. The summed E-state index contributed by atoms with van der Waals surface area (Å²) in [5, 5.41) is 19.3. The Hall–Kier alpha value is -0.825. The van der Waals surface area contributed by atoms with E-state index in [1.807, 2.05) is 0 Å². The van der Waals surface area contributed by atoms with Crippen LogP contribution in [0.25, 0.3) is 0 Å². The summed E-state index contributed by atoms with van der Waals surface area (Å²) in [6, 6.07) is 0.244. The summed E-state index contributed by atoms with van der Waals surface area (Å²) >= 11 is 0. The van der Waals surface area contributed by atoms with Crippen molar-refractivity contribution >= 4 is 13.6 Å². The van der Waals surface area contributed by atoms with Crippen LogP contribution in [0.4, 0.5) is 17.3 Å². The molecule has 0 aliphatic carbocycles. The number of halogens is 4. The van der Waals surface area contributed by atoms with E-state index in [-0.39, 0.29) is 36.1 Å². The zero-order valence-corrected chi connectivity index (χ0v) is 15.4. The number of hydrogen-bond acceptors (Lipinski definition) is 3. The summed E-state index contributed by atoms with van der Waals surface area (Å²) in [6.07, 6.45) is 2.10. The highest BCUT2D eigenvalue weighted by Crippen LogP contribution is 2.26. The van der Waals surface area contributed by atoms with E-state index in [0.717, 1.165) is 13.1 Å². The Morgan fingerprint density at radius 3 is 1.75 bits per heavy atom. The Labute approximate surface area is 142 Å². The van der Waals surface area contributed by atoms with Gasteiger partial charge in [-0.15, -0.1) is 0 Å². The van der Waals surface area contributed by atoms with Gasteiger partial charge in [0, 0.05) is 10.8 Å². The molecule has 4 nitrogen and oxygen atoms in total. The van der Waals surface area contributed by atoms with Gasteiger partial charge in [-0.25, -0.2) is 0 Å². The van der Waals surface area contributed by atoms with Gasteiger partial charge in [-0.2, -0.15) is 0 Å². The number of aliphatic hydroxyl groups is 2. The molecular weight excluding hydrogens is 327 g/mol. The number of aliphatic hydroxyl groups excluding tert-OH is 2. The lowest BCUT2D eigenvalue weighted by atomic mass is 9.86. The Morgan fingerprint density at radius 1 is 1.00 bits per heavy atom. The topological polar surface area (TPSA) is 46.7 Å². The molecule has 2 atom stereocenters. The van der Waals surface area contributed by atoms with Crippen molar-refractivity contribution in [1.82, 2.24) is 4.90 Å². The minimum absolute atomic E-state index is 0.0394. The highest BCUT2D eigenvalue weighted by atomic mass is 19.5. The van der Waals surface area contributed by atoms with Crippen molar-refractivity contribution in [3.05, 3.63) is 0 Å². The molecule has 9 heteroatoms. The lowest BCUT2D eigenvalue weighted by Gasteiger charge is -2.31. The van der Waals surface area contributed by atoms with E-state index in [2.05, 4.69) is 57.4 Å². The van der Waals surface area contributed by atoms with Crippen molar-refractivity contribution in [2.75, 3.05) is 26.3 Å². The second kappa shape index (κ2) is 8.51. The normalized spacial score (nSPS) is 18.7. The molecule has 0 saturated carbocycles. The number of rotatable bonds is 4. The molecule has 0 unspecified atom stereocenters. The number of hydrogen-bond donors (Lipinski definition) is 2. The molecule has 0 aromatic carbocycles. The minimum Gasteiger partial charge on any atom is -0.418 e. The molecule has 1 rings (SSSR count). The largest absolute Gasteiger partial charge is 0.673 e. The molecule has 1 aliphatic rings. The molecule has 0 amide bonds. The summed E-state index contributed by atoms with van der Waals surface area (Å²) in [5.74, 6) is 0. The van der Waals surface area contributed by atoms with Crippen LogP contribution >= 0.6 is 0 Å². The van der Waals surface area contributed by atoms with Crippen molar-refractivity contribution in [2.45, 2.75) is 53.6 Å². The van der Waals surface area contributed by atoms with Crippen LogP contribution in [-0.2, 0) is 0 Å². The third-order valence-electron chi connectivity index (χ3n) is 4.06. The van der Waals surface area contributed by atoms with Gasteiger partial charge in [0.05, 0.1) is 13.2 Å². The fourth-order valence-corrected chi connectivity index (χ4v) is 2.76. The fourth-order valence-electron chi connectivity index (χ4n) is 2.76. The van der Waals surface area contributed by atoms with Gasteiger partial charge in [-0.1, -0.05) is 41.5 Å². The SMILES string of the molecule is CC(C)(C)[C@@H](CO)N1C=[N+]([C@H](CO)C(C)(C)C)CC1.F[B-](F)(F)F. The standard InChI is InChI=1S/C15H31N2O2.BF4/c1-14(2,3)12(9-18)16-7-8-17(11-16)13(10-19)15(4,5)6;2-1(3,4)5/h11-13,18-19H,7-10H2,1-6H3;/q+1;-1/t12-,13-;/m1./s1. The summed E-state index contributed by atoms with van der Waals surface area (Å²) < 4.78 is 41.2. The van der Waals surface area contributed by atoms with Crippen LogP contribution in [0.2, 0.25) is 0 Å². The van der Waals surface area contributed by atoms with E-state index in [4.69, 9.17) is 0 Å². The molecule has 0 spiro atoms. The molecule has 144 valence electrons. The second-order valence-corrected chi connectivity index (χ2v) is 8.21. The Bertz CT molecular complexity index is 411. The Kier molecular flexibility index (Phi) is 8.22. The Morgan fingerprint density at radius 2 is 1.46 bits per heavy atom. The van der Waals surface area contributed by atoms with Gasteiger partial charge in [0.1, 0.15) is 25.2 Å². The van der Waals surface area contributed by atoms with Crippen LogP contribution in [0.1, 0.15) is 41.5 Å². The van der Waals surface area contributed by atoms with E-state index < -0.39 is 7.25 Å². The Balaban J connectivity index is 0.000000922. The molecule has 2 N–H and O–H groups in total. The average Bonchev–Trinajstić information content (AvgIpc) is 2.73. The van der Waals surface area contributed by atoms with Crippen LogP contribution in [0, 0.1) is 10.8 Å². The van der Waals surface area contributed by atoms with Crippen LogP contribution in [0.3, 0.4) is 0 Å². The highest BCUT2D eigenvalue weighted by molar-refractivity contribution is 6.50. The maximum Gasteiger partial charge on any atom is 0.673 e. The molecule has 0 aromatic heterocycles. The van der Waals surface area contributed by atoms with Crippen molar-refractivity contribution in [3.8, 4) is 0 Å². The monoisotopic (exact) mass is 358 g/mol. The van der Waals surface area contributed by atoms with E-state index in [9.17, 15) is 27.5 Å². The molecule has 0 aromatic rings. The van der Waals surface area contributed by atoms with E-state index in [1.54, 1.807) is 0 Å². The molecule has 0 saturated heterocycles. The second-order valence-electron chi connectivity index (χ2n) is 8.21. The first-order valence-electron chi connectivity index (χ1n) is 8.06. The predicted molar refractivity (Wildman–Crippen MR) is 88.7 cm³/mol. The van der Waals surface area contributed by atoms with Gasteiger partial charge < -0.3 is 27.5 Å². The highest BCUT2D eigenvalue weighted by Gasteiger charge is 2.39. The van der Waals surface area contributed by atoms with Crippen molar-refractivity contribution in [3.63, 3.8) is 0 Å². The van der Waals surface area contributed by atoms with Crippen LogP contribution < -0.4 is 0 Å². The maximum absolute atomic E-state index is 9.75. The van der Waals surface area contributed by atoms with Gasteiger partial charge in [-0.05, 0) is 0 Å². The first-order valence-corrected chi connectivity index (χ1v) is 8.06. The predicted octanol–water partition coefficient (Wildman–Crippen LogP) is 2.46. The average molecular weight is 358 g/mol. The summed E-state index contributed by atoms with van der Waals surface area (Å²) in [7, 11) is -6.00. The van der Waals surface area contributed by atoms with Crippen molar-refractivity contribution < 1.29 is 32.1 Å². The summed E-state index contributed by atoms with van der Waals surface area (Å²) in [5.41, 5.74) is 0.0788. The van der Waals surface area contributed by atoms with Crippen LogP contribution in [0.5, 0.6) is 0 Å². The third-order valence-corrected chi connectivity index (χ3v) is 4.06. The van der Waals surface area contributed by atoms with Gasteiger partial charge >= 0.3 is 7.25 Å². The lowest BCUT2D eigenvalue weighted by Crippen LogP contribution is -2.45. The quantitative estimate of drug-likeness (QED) is 0.461. The lowest BCUT2D eigenvalue weighted by molar-refractivity contribution is -0.572. The van der Waals surface area contributed by atoms with Crippen molar-refractivity contribution in [2.24, 2.45) is 10.8 Å². The van der Waals surface area contributed by atoms with Gasteiger partial charge in [0.2, 0.25) is 6.34 Å². The van der Waals surface area contributed by atoms with Gasteiger partial charge in [0.25, 0.3) is 0 Å².